The molecule has 0 aromatic carbocycles. The van der Waals surface area contributed by atoms with Crippen LogP contribution in [0, 0.1) is 0 Å². The van der Waals surface area contributed by atoms with Crippen LogP contribution in [-0.4, -0.2) is 45.5 Å². The first kappa shape index (κ1) is 13.0. The third kappa shape index (κ3) is 9.37. The quantitative estimate of drug-likeness (QED) is 0.596. The molecule has 50 valence electrons. The van der Waals surface area contributed by atoms with Crippen molar-refractivity contribution in [1.29, 1.82) is 0 Å². The maximum absolute atomic E-state index is 10.6. The van der Waals surface area contributed by atoms with E-state index in [2.05, 4.69) is 0 Å². The fourth-order valence-electron chi connectivity index (χ4n) is 0.277. The summed E-state index contributed by atoms with van der Waals surface area (Å²) in [5, 5.41) is 0. The average molecular weight is 174 g/mol. The van der Waals surface area contributed by atoms with Crippen LogP contribution in [0.3, 0.4) is 0 Å². The molecule has 0 radical (unpaired) electrons. The van der Waals surface area contributed by atoms with Gasteiger partial charge in [0.05, 0.1) is 0 Å². The molecule has 0 saturated carbocycles. The van der Waals surface area contributed by atoms with E-state index in [1.54, 1.807) is 0 Å². The van der Waals surface area contributed by atoms with E-state index in [4.69, 9.17) is 0 Å². The van der Waals surface area contributed by atoms with E-state index in [-0.39, 0.29) is 34.0 Å². The van der Waals surface area contributed by atoms with Gasteiger partial charge in [-0.1, -0.05) is 37.4 Å². The third-order valence-corrected chi connectivity index (χ3v) is 2.28. The number of hydrogen-bond acceptors (Lipinski definition) is 3. The predicted molar refractivity (Wildman–Crippen MR) is 48.8 cm³/mol. The van der Waals surface area contributed by atoms with Gasteiger partial charge in [0, 0.05) is 0 Å². The fourth-order valence-corrected chi connectivity index (χ4v) is 1.79. The summed E-state index contributed by atoms with van der Waals surface area (Å²) in [4.78, 5) is 10.6. The van der Waals surface area contributed by atoms with Crippen molar-refractivity contribution < 1.29 is 4.79 Å². The van der Waals surface area contributed by atoms with Gasteiger partial charge in [0.2, 0.25) is 4.45 Å². The Bertz CT molecular complexity index is 69.4. The molecule has 0 aromatic heterocycles. The van der Waals surface area contributed by atoms with E-state index < -0.39 is 0 Å². The Labute approximate surface area is 87.0 Å². The van der Waals surface area contributed by atoms with Crippen molar-refractivity contribution >= 4 is 57.5 Å². The number of rotatable bonds is 2. The number of carbonyl (C=O) groups excluding carboxylic acids is 1. The Kier molecular flexibility index (Phi) is 13.5. The third-order valence-electron chi connectivity index (χ3n) is 0.524. The molecule has 0 saturated heterocycles. The van der Waals surface area contributed by atoms with Crippen LogP contribution in [0.4, 0.5) is 4.79 Å². The first-order valence-corrected chi connectivity index (χ1v) is 4.58. The van der Waals surface area contributed by atoms with Gasteiger partial charge in [0.1, 0.15) is 0 Å². The average Bonchev–Trinajstić information content (AvgIpc) is 1.68. The van der Waals surface area contributed by atoms with Crippen molar-refractivity contribution in [3.05, 3.63) is 0 Å². The van der Waals surface area contributed by atoms with Gasteiger partial charge in [-0.15, -0.1) is 0 Å². The first-order valence-electron chi connectivity index (χ1n) is 2.60. The van der Waals surface area contributed by atoms with Crippen LogP contribution in [-0.2, 0) is 0 Å². The van der Waals surface area contributed by atoms with Crippen molar-refractivity contribution in [2.75, 3.05) is 11.5 Å². The molecule has 0 aliphatic heterocycles. The zero-order valence-electron chi connectivity index (χ0n) is 5.14. The van der Waals surface area contributed by atoms with Gasteiger partial charge < -0.3 is 0 Å². The van der Waals surface area contributed by atoms with Crippen molar-refractivity contribution in [3.8, 4) is 0 Å². The van der Waals surface area contributed by atoms with E-state index in [0.717, 1.165) is 11.5 Å². The standard InChI is InChI=1S/C5H10OS2.Na.H/c1-3-7-5(6)8-4-2;;/h3-4H2,1-2H3;;. The SMILES string of the molecule is CCSC(=O)SCC.[NaH]. The van der Waals surface area contributed by atoms with Crippen LogP contribution >= 0.6 is 23.5 Å². The molecule has 0 fully saturated rings. The predicted octanol–water partition coefficient (Wildman–Crippen LogP) is 1.96. The van der Waals surface area contributed by atoms with Gasteiger partial charge in [0.15, 0.2) is 0 Å². The monoisotopic (exact) mass is 174 g/mol. The molecular formula is C5H11NaOS2. The van der Waals surface area contributed by atoms with Crippen LogP contribution in [0.1, 0.15) is 13.8 Å². The summed E-state index contributed by atoms with van der Waals surface area (Å²) < 4.78 is 0.245. The Morgan fingerprint density at radius 1 is 1.22 bits per heavy atom. The molecule has 0 N–H and O–H groups in total. The second-order valence-electron chi connectivity index (χ2n) is 1.12. The summed E-state index contributed by atoms with van der Waals surface area (Å²) >= 11 is 2.76. The second kappa shape index (κ2) is 9.37. The molecular weight excluding hydrogens is 163 g/mol. The molecule has 0 heterocycles. The number of thioether (sulfide) groups is 2. The van der Waals surface area contributed by atoms with Gasteiger partial charge in [-0.3, -0.25) is 4.79 Å². The van der Waals surface area contributed by atoms with Crippen LogP contribution in [0.25, 0.3) is 0 Å². The molecule has 0 aliphatic rings. The maximum atomic E-state index is 10.6. The minimum atomic E-state index is 0. The topological polar surface area (TPSA) is 17.1 Å². The van der Waals surface area contributed by atoms with Crippen molar-refractivity contribution in [1.82, 2.24) is 0 Å². The van der Waals surface area contributed by atoms with Gasteiger partial charge in [-0.2, -0.15) is 0 Å². The second-order valence-corrected chi connectivity index (χ2v) is 3.85. The number of hydrogen-bond donors (Lipinski definition) is 0. The van der Waals surface area contributed by atoms with Gasteiger partial charge >= 0.3 is 29.6 Å². The minimum absolute atomic E-state index is 0. The summed E-state index contributed by atoms with van der Waals surface area (Å²) in [6, 6.07) is 0. The van der Waals surface area contributed by atoms with E-state index in [9.17, 15) is 4.79 Å². The molecule has 4 heteroatoms. The summed E-state index contributed by atoms with van der Waals surface area (Å²) in [7, 11) is 0. The molecule has 0 aliphatic carbocycles. The molecule has 9 heavy (non-hydrogen) atoms. The van der Waals surface area contributed by atoms with E-state index >= 15 is 0 Å². The number of carbonyl (C=O) groups is 1. The Morgan fingerprint density at radius 3 is 1.78 bits per heavy atom. The van der Waals surface area contributed by atoms with Crippen LogP contribution in [0.15, 0.2) is 0 Å². The Balaban J connectivity index is 0. The molecule has 0 rings (SSSR count). The van der Waals surface area contributed by atoms with E-state index in [1.807, 2.05) is 13.8 Å². The van der Waals surface area contributed by atoms with Crippen LogP contribution in [0.2, 0.25) is 0 Å². The molecule has 0 bridgehead atoms. The fraction of sp³-hybridized carbons (Fsp3) is 0.800. The zero-order chi connectivity index (χ0) is 6.41. The Hall–Kier alpha value is 1.37. The Morgan fingerprint density at radius 2 is 1.56 bits per heavy atom. The van der Waals surface area contributed by atoms with Crippen molar-refractivity contribution in [3.63, 3.8) is 0 Å². The van der Waals surface area contributed by atoms with E-state index in [1.165, 1.54) is 23.5 Å². The summed E-state index contributed by atoms with van der Waals surface area (Å²) in [5.41, 5.74) is 0. The summed E-state index contributed by atoms with van der Waals surface area (Å²) in [6.07, 6.45) is 0. The normalized spacial score (nSPS) is 8.22. The van der Waals surface area contributed by atoms with Crippen molar-refractivity contribution in [2.24, 2.45) is 0 Å². The molecule has 1 nitrogen and oxygen atoms in total. The summed E-state index contributed by atoms with van der Waals surface area (Å²) in [5.74, 6) is 1.79. The van der Waals surface area contributed by atoms with Crippen LogP contribution < -0.4 is 0 Å². The van der Waals surface area contributed by atoms with Crippen LogP contribution in [0.5, 0.6) is 0 Å². The zero-order valence-corrected chi connectivity index (χ0v) is 6.77. The molecule has 0 unspecified atom stereocenters. The molecule has 0 aromatic rings. The van der Waals surface area contributed by atoms with Gasteiger partial charge in [-0.25, -0.2) is 0 Å². The molecule has 0 amide bonds. The van der Waals surface area contributed by atoms with Gasteiger partial charge in [-0.05, 0) is 11.5 Å². The van der Waals surface area contributed by atoms with Gasteiger partial charge in [0.25, 0.3) is 0 Å². The molecule has 0 spiro atoms. The van der Waals surface area contributed by atoms with E-state index in [0.29, 0.717) is 0 Å². The van der Waals surface area contributed by atoms with Crippen molar-refractivity contribution in [2.45, 2.75) is 13.8 Å². The molecule has 0 atom stereocenters. The summed E-state index contributed by atoms with van der Waals surface area (Å²) in [6.45, 7) is 3.97. The first-order chi connectivity index (χ1) is 3.81.